The van der Waals surface area contributed by atoms with Gasteiger partial charge in [0.2, 0.25) is 0 Å². The fourth-order valence-corrected chi connectivity index (χ4v) is 8.07. The zero-order chi connectivity index (χ0) is 43.2. The van der Waals surface area contributed by atoms with Gasteiger partial charge in [0, 0.05) is 36.1 Å². The first kappa shape index (κ1) is 45.0. The average Bonchev–Trinajstić information content (AvgIpc) is 3.23. The Morgan fingerprint density at radius 1 is 0.667 bits per heavy atom. The summed E-state index contributed by atoms with van der Waals surface area (Å²) in [6.45, 7) is 35.3. The smallest absolute Gasteiger partial charge is 0.271 e. The Morgan fingerprint density at radius 2 is 1.30 bits per heavy atom. The van der Waals surface area contributed by atoms with Crippen LogP contribution in [0.4, 0.5) is 11.4 Å². The van der Waals surface area contributed by atoms with Crippen LogP contribution in [0, 0.1) is 34.6 Å². The maximum absolute atomic E-state index is 13.3. The number of carbonyl (C=O) groups is 1. The van der Waals surface area contributed by atoms with Crippen molar-refractivity contribution in [3.63, 3.8) is 0 Å². The van der Waals surface area contributed by atoms with E-state index in [-0.39, 0.29) is 11.8 Å². The molecule has 6 nitrogen and oxygen atoms in total. The number of hydrogen-bond acceptors (Lipinski definition) is 5. The van der Waals surface area contributed by atoms with Crippen molar-refractivity contribution in [3.8, 4) is 0 Å². The van der Waals surface area contributed by atoms with Crippen molar-refractivity contribution in [2.75, 3.05) is 36.8 Å². The van der Waals surface area contributed by atoms with Crippen molar-refractivity contribution in [2.45, 2.75) is 72.6 Å². The van der Waals surface area contributed by atoms with Gasteiger partial charge in [0.1, 0.15) is 0 Å². The molecular formula is C54H65N5O. The summed E-state index contributed by atoms with van der Waals surface area (Å²) in [5.41, 5.74) is 17.4. The molecule has 0 saturated heterocycles. The highest BCUT2D eigenvalue weighted by Gasteiger charge is 2.23. The molecule has 60 heavy (non-hydrogen) atoms. The largest absolute Gasteiger partial charge is 0.384 e. The molecule has 1 atom stereocenters. The van der Waals surface area contributed by atoms with Crippen LogP contribution in [0.15, 0.2) is 153 Å². The van der Waals surface area contributed by atoms with Crippen LogP contribution < -0.4 is 26.6 Å². The molecule has 0 radical (unpaired) electrons. The highest BCUT2D eigenvalue weighted by molar-refractivity contribution is 6.03. The van der Waals surface area contributed by atoms with Gasteiger partial charge in [-0.1, -0.05) is 124 Å². The summed E-state index contributed by atoms with van der Waals surface area (Å²) < 4.78 is 0. The molecule has 0 fully saturated rings. The highest BCUT2D eigenvalue weighted by atomic mass is 16.2. The minimum atomic E-state index is -0.243. The number of amides is 1. The minimum absolute atomic E-state index is 0.0285. The van der Waals surface area contributed by atoms with Gasteiger partial charge in [-0.05, 0) is 153 Å². The predicted octanol–water partition coefficient (Wildman–Crippen LogP) is 11.7. The van der Waals surface area contributed by atoms with Crippen molar-refractivity contribution < 1.29 is 4.79 Å². The average molecular weight is 800 g/mol. The fraction of sp³-hybridized carbons (Fsp3) is 0.278. The van der Waals surface area contributed by atoms with Crippen molar-refractivity contribution in [3.05, 3.63) is 203 Å². The first-order chi connectivity index (χ1) is 28.8. The monoisotopic (exact) mass is 800 g/mol. The lowest BCUT2D eigenvalue weighted by Gasteiger charge is -2.25. The quantitative estimate of drug-likeness (QED) is 0.0311. The maximum atomic E-state index is 13.3. The SMILES string of the molecule is C=C(NCCCNCCCNC(=C)C(=O)Nc1cc(C(=C)C(C2=CCCC=C2)c2ccccc2)c(C)cc1C)C(=C)Nc1c(C)cc(C)c(C(=C)Cc2ccccc2)c1C. The fourth-order valence-electron chi connectivity index (χ4n) is 8.07. The molecule has 4 aromatic rings. The lowest BCUT2D eigenvalue weighted by molar-refractivity contribution is -0.113. The van der Waals surface area contributed by atoms with E-state index in [1.54, 1.807) is 0 Å². The van der Waals surface area contributed by atoms with E-state index < -0.39 is 0 Å². The van der Waals surface area contributed by atoms with E-state index in [0.29, 0.717) is 12.2 Å². The van der Waals surface area contributed by atoms with Crippen LogP contribution >= 0.6 is 0 Å². The number of benzene rings is 4. The second kappa shape index (κ2) is 21.8. The van der Waals surface area contributed by atoms with E-state index >= 15 is 0 Å². The van der Waals surface area contributed by atoms with Gasteiger partial charge >= 0.3 is 0 Å². The van der Waals surface area contributed by atoms with Gasteiger partial charge in [-0.25, -0.2) is 0 Å². The van der Waals surface area contributed by atoms with E-state index in [4.69, 9.17) is 0 Å². The Morgan fingerprint density at radius 3 is 1.95 bits per heavy atom. The van der Waals surface area contributed by atoms with Crippen molar-refractivity contribution >= 4 is 28.4 Å². The summed E-state index contributed by atoms with van der Waals surface area (Å²) in [6.07, 6.45) is 11.4. The van der Waals surface area contributed by atoms with Crippen LogP contribution in [-0.4, -0.2) is 32.1 Å². The maximum Gasteiger partial charge on any atom is 0.271 e. The summed E-state index contributed by atoms with van der Waals surface area (Å²) in [5, 5.41) is 16.8. The molecule has 0 aliphatic heterocycles. The number of aryl methyl sites for hydroxylation is 4. The molecule has 0 saturated carbocycles. The molecule has 6 heteroatoms. The van der Waals surface area contributed by atoms with Crippen molar-refractivity contribution in [1.29, 1.82) is 0 Å². The molecule has 1 unspecified atom stereocenters. The molecule has 0 aromatic heterocycles. The molecule has 0 spiro atoms. The zero-order valence-corrected chi connectivity index (χ0v) is 36.6. The first-order valence-electron chi connectivity index (χ1n) is 21.2. The zero-order valence-electron chi connectivity index (χ0n) is 36.6. The summed E-state index contributed by atoms with van der Waals surface area (Å²) in [4.78, 5) is 13.3. The molecule has 5 N–H and O–H groups in total. The van der Waals surface area contributed by atoms with Crippen molar-refractivity contribution in [1.82, 2.24) is 16.0 Å². The van der Waals surface area contributed by atoms with Crippen molar-refractivity contribution in [2.24, 2.45) is 0 Å². The standard InChI is InChI=1S/C54H65N5O/c1-36-32-37(2)50(35-49(36)41(6)52(47-24-16-12-17-25-47)48-26-18-13-19-27-48)59-54(60)45(10)57-31-21-29-55-28-20-30-56-43(8)44(9)58-53-40(5)33-38(3)51(42(53)7)39(4)34-46-22-14-11-15-23-46/h11-12,14-18,22-27,32-33,35,52,55-58H,4,6,8-10,13,19-21,28-31,34H2,1-3,5,7H3,(H,59,60). The lowest BCUT2D eigenvalue weighted by Crippen LogP contribution is -2.28. The summed E-state index contributed by atoms with van der Waals surface area (Å²) >= 11 is 0. The van der Waals surface area contributed by atoms with Gasteiger partial charge in [-0.2, -0.15) is 0 Å². The second-order valence-electron chi connectivity index (χ2n) is 16.0. The first-order valence-corrected chi connectivity index (χ1v) is 21.2. The highest BCUT2D eigenvalue weighted by Crippen LogP contribution is 2.41. The Bertz CT molecular complexity index is 2280. The molecule has 1 aliphatic rings. The number of anilines is 2. The molecule has 4 aromatic carbocycles. The van der Waals surface area contributed by atoms with Gasteiger partial charge < -0.3 is 26.6 Å². The summed E-state index contributed by atoms with van der Waals surface area (Å²) in [6, 6.07) is 27.4. The van der Waals surface area contributed by atoms with E-state index in [2.05, 4.69) is 172 Å². The summed E-state index contributed by atoms with van der Waals surface area (Å²) in [5.74, 6) is -0.214. The third-order valence-corrected chi connectivity index (χ3v) is 11.2. The lowest BCUT2D eigenvalue weighted by atomic mass is 9.79. The molecule has 0 heterocycles. The van der Waals surface area contributed by atoms with Gasteiger partial charge in [0.05, 0.1) is 11.4 Å². The second-order valence-corrected chi connectivity index (χ2v) is 16.0. The number of rotatable bonds is 22. The normalized spacial score (nSPS) is 12.5. The Kier molecular flexibility index (Phi) is 16.3. The van der Waals surface area contributed by atoms with Crippen LogP contribution in [-0.2, 0) is 11.2 Å². The third-order valence-electron chi connectivity index (χ3n) is 11.2. The summed E-state index contributed by atoms with van der Waals surface area (Å²) in [7, 11) is 0. The molecule has 0 bridgehead atoms. The van der Waals surface area contributed by atoms with Crippen LogP contribution in [0.2, 0.25) is 0 Å². The number of carbonyl (C=O) groups excluding carboxylic acids is 1. The molecule has 5 rings (SSSR count). The Hall–Kier alpha value is -6.11. The number of hydrogen-bond donors (Lipinski definition) is 5. The molecule has 312 valence electrons. The van der Waals surface area contributed by atoms with E-state index in [1.165, 1.54) is 33.4 Å². The van der Waals surface area contributed by atoms with Gasteiger partial charge in [-0.15, -0.1) is 0 Å². The topological polar surface area (TPSA) is 77.2 Å². The molecular weight excluding hydrogens is 735 g/mol. The Balaban J connectivity index is 1.02. The van der Waals surface area contributed by atoms with E-state index in [9.17, 15) is 4.79 Å². The van der Waals surface area contributed by atoms with Gasteiger partial charge in [-0.3, -0.25) is 4.79 Å². The third kappa shape index (κ3) is 12.0. The van der Waals surface area contributed by atoms with Gasteiger partial charge in [0.25, 0.3) is 5.91 Å². The number of nitrogens with one attached hydrogen (secondary N) is 5. The Labute approximate surface area is 360 Å². The molecule has 1 aliphatic carbocycles. The van der Waals surface area contributed by atoms with Crippen LogP contribution in [0.25, 0.3) is 11.1 Å². The number of allylic oxidation sites excluding steroid dienone is 6. The van der Waals surface area contributed by atoms with Crippen LogP contribution in [0.1, 0.15) is 81.7 Å². The minimum Gasteiger partial charge on any atom is -0.384 e. The molecule has 1 amide bonds. The predicted molar refractivity (Wildman–Crippen MR) is 258 cm³/mol. The van der Waals surface area contributed by atoms with Crippen LogP contribution in [0.5, 0.6) is 0 Å². The van der Waals surface area contributed by atoms with E-state index in [1.807, 2.05) is 19.1 Å². The van der Waals surface area contributed by atoms with Gasteiger partial charge in [0.15, 0.2) is 0 Å². The van der Waals surface area contributed by atoms with E-state index in [0.717, 1.165) is 108 Å². The van der Waals surface area contributed by atoms with Crippen LogP contribution in [0.3, 0.4) is 0 Å².